The highest BCUT2D eigenvalue weighted by molar-refractivity contribution is 5.73. The van der Waals surface area contributed by atoms with Gasteiger partial charge in [0.25, 0.3) is 0 Å². The number of hydrogen-bond donors (Lipinski definition) is 1. The summed E-state index contributed by atoms with van der Waals surface area (Å²) < 4.78 is 0. The molecule has 0 aliphatic carbocycles. The molecule has 0 radical (unpaired) electrons. The lowest BCUT2D eigenvalue weighted by atomic mass is 10.1. The van der Waals surface area contributed by atoms with Gasteiger partial charge in [0.15, 0.2) is 0 Å². The summed E-state index contributed by atoms with van der Waals surface area (Å²) in [5.41, 5.74) is 1.27. The van der Waals surface area contributed by atoms with E-state index in [1.807, 2.05) is 18.2 Å². The summed E-state index contributed by atoms with van der Waals surface area (Å²) in [6.07, 6.45) is 0.886. The summed E-state index contributed by atoms with van der Waals surface area (Å²) in [4.78, 5) is 13.6. The molecule has 0 bridgehead atoms. The Bertz CT molecular complexity index is 347. The molecular formula is C15H24N2O. The molecule has 0 fully saturated rings. The quantitative estimate of drug-likeness (QED) is 0.801. The maximum Gasteiger partial charge on any atom is 0.217 e. The summed E-state index contributed by atoms with van der Waals surface area (Å²) in [7, 11) is 0. The molecule has 1 amide bonds. The predicted molar refractivity (Wildman–Crippen MR) is 75.5 cm³/mol. The van der Waals surface area contributed by atoms with Crippen LogP contribution in [-0.2, 0) is 11.2 Å². The highest BCUT2D eigenvalue weighted by Crippen LogP contribution is 2.05. The Balaban J connectivity index is 2.63. The van der Waals surface area contributed by atoms with Gasteiger partial charge in [-0.2, -0.15) is 0 Å². The molecule has 0 saturated carbocycles. The number of nitrogens with zero attached hydrogens (tertiary/aromatic N) is 1. The van der Waals surface area contributed by atoms with Crippen molar-refractivity contribution in [3.05, 3.63) is 35.9 Å². The van der Waals surface area contributed by atoms with Crippen LogP contribution in [0.1, 0.15) is 26.3 Å². The molecule has 3 nitrogen and oxygen atoms in total. The maximum absolute atomic E-state index is 11.3. The fourth-order valence-electron chi connectivity index (χ4n) is 2.14. The Kier molecular flexibility index (Phi) is 6.44. The van der Waals surface area contributed by atoms with Gasteiger partial charge in [0, 0.05) is 19.5 Å². The van der Waals surface area contributed by atoms with Crippen LogP contribution in [0, 0.1) is 0 Å². The Hall–Kier alpha value is -1.35. The maximum atomic E-state index is 11.3. The minimum Gasteiger partial charge on any atom is -0.352 e. The van der Waals surface area contributed by atoms with Crippen LogP contribution >= 0.6 is 0 Å². The zero-order valence-corrected chi connectivity index (χ0v) is 11.6. The number of benzene rings is 1. The molecule has 0 spiro atoms. The van der Waals surface area contributed by atoms with Crippen molar-refractivity contribution in [3.63, 3.8) is 0 Å². The topological polar surface area (TPSA) is 32.3 Å². The van der Waals surface area contributed by atoms with Gasteiger partial charge >= 0.3 is 0 Å². The first kappa shape index (κ1) is 14.7. The summed E-state index contributed by atoms with van der Waals surface area (Å²) in [6, 6.07) is 10.5. The molecule has 1 aromatic carbocycles. The smallest absolute Gasteiger partial charge is 0.217 e. The number of hydrogen-bond acceptors (Lipinski definition) is 2. The van der Waals surface area contributed by atoms with Crippen LogP contribution in [0.2, 0.25) is 0 Å². The van der Waals surface area contributed by atoms with E-state index in [0.717, 1.165) is 26.1 Å². The SMILES string of the molecule is CCN(CC)C[C@H](Cc1ccccc1)NC(C)=O. The fourth-order valence-corrected chi connectivity index (χ4v) is 2.14. The lowest BCUT2D eigenvalue weighted by Crippen LogP contribution is -2.44. The second kappa shape index (κ2) is 7.88. The zero-order valence-electron chi connectivity index (χ0n) is 11.6. The van der Waals surface area contributed by atoms with Crippen LogP contribution in [0.3, 0.4) is 0 Å². The first-order valence-electron chi connectivity index (χ1n) is 6.69. The van der Waals surface area contributed by atoms with Crippen molar-refractivity contribution in [2.75, 3.05) is 19.6 Å². The van der Waals surface area contributed by atoms with Gasteiger partial charge in [0.1, 0.15) is 0 Å². The van der Waals surface area contributed by atoms with Gasteiger partial charge < -0.3 is 10.2 Å². The number of carbonyl (C=O) groups is 1. The molecule has 0 heterocycles. The predicted octanol–water partition coefficient (Wildman–Crippen LogP) is 2.08. The van der Waals surface area contributed by atoms with Crippen LogP contribution in [0.5, 0.6) is 0 Å². The minimum atomic E-state index is 0.0445. The summed E-state index contributed by atoms with van der Waals surface area (Å²) in [5, 5.41) is 3.05. The van der Waals surface area contributed by atoms with E-state index < -0.39 is 0 Å². The van der Waals surface area contributed by atoms with Gasteiger partial charge in [-0.25, -0.2) is 0 Å². The standard InChI is InChI=1S/C15H24N2O/c1-4-17(5-2)12-15(16-13(3)18)11-14-9-7-6-8-10-14/h6-10,15H,4-5,11-12H2,1-3H3,(H,16,18)/t15-/m0/s1. The highest BCUT2D eigenvalue weighted by Gasteiger charge is 2.13. The lowest BCUT2D eigenvalue weighted by Gasteiger charge is -2.26. The van der Waals surface area contributed by atoms with Crippen molar-refractivity contribution in [1.82, 2.24) is 10.2 Å². The van der Waals surface area contributed by atoms with Crippen molar-refractivity contribution in [1.29, 1.82) is 0 Å². The minimum absolute atomic E-state index is 0.0445. The van der Waals surface area contributed by atoms with Crippen LogP contribution in [0.4, 0.5) is 0 Å². The summed E-state index contributed by atoms with van der Waals surface area (Å²) in [5.74, 6) is 0.0445. The molecule has 1 N–H and O–H groups in total. The number of nitrogens with one attached hydrogen (secondary N) is 1. The van der Waals surface area contributed by atoms with Gasteiger partial charge in [-0.1, -0.05) is 44.2 Å². The third-order valence-electron chi connectivity index (χ3n) is 3.11. The first-order chi connectivity index (χ1) is 8.65. The van der Waals surface area contributed by atoms with E-state index in [0.29, 0.717) is 0 Å². The van der Waals surface area contributed by atoms with Crippen LogP contribution in [0.15, 0.2) is 30.3 Å². The Morgan fingerprint density at radius 2 is 1.83 bits per heavy atom. The van der Waals surface area contributed by atoms with Crippen molar-refractivity contribution < 1.29 is 4.79 Å². The monoisotopic (exact) mass is 248 g/mol. The summed E-state index contributed by atoms with van der Waals surface area (Å²) in [6.45, 7) is 8.82. The molecule has 0 aromatic heterocycles. The van der Waals surface area contributed by atoms with E-state index >= 15 is 0 Å². The first-order valence-corrected chi connectivity index (χ1v) is 6.69. The fraction of sp³-hybridized carbons (Fsp3) is 0.533. The van der Waals surface area contributed by atoms with Gasteiger partial charge in [-0.05, 0) is 25.1 Å². The second-order valence-electron chi connectivity index (χ2n) is 4.57. The third kappa shape index (κ3) is 5.32. The molecule has 1 aromatic rings. The van der Waals surface area contributed by atoms with Crippen molar-refractivity contribution in [2.45, 2.75) is 33.2 Å². The lowest BCUT2D eigenvalue weighted by molar-refractivity contribution is -0.119. The molecule has 1 rings (SSSR count). The molecule has 1 atom stereocenters. The molecule has 0 aliphatic heterocycles. The Morgan fingerprint density at radius 1 is 1.22 bits per heavy atom. The highest BCUT2D eigenvalue weighted by atomic mass is 16.1. The van der Waals surface area contributed by atoms with Crippen LogP contribution in [-0.4, -0.2) is 36.5 Å². The normalized spacial score (nSPS) is 12.4. The van der Waals surface area contributed by atoms with E-state index in [2.05, 4.69) is 36.2 Å². The number of likely N-dealkylation sites (N-methyl/N-ethyl adjacent to an activating group) is 1. The van der Waals surface area contributed by atoms with E-state index in [9.17, 15) is 4.79 Å². The van der Waals surface area contributed by atoms with E-state index in [-0.39, 0.29) is 11.9 Å². The van der Waals surface area contributed by atoms with Gasteiger partial charge in [0.2, 0.25) is 5.91 Å². The average molecular weight is 248 g/mol. The largest absolute Gasteiger partial charge is 0.352 e. The van der Waals surface area contributed by atoms with E-state index in [1.165, 1.54) is 5.56 Å². The molecule has 0 aliphatic rings. The Morgan fingerprint density at radius 3 is 2.33 bits per heavy atom. The number of carbonyl (C=O) groups excluding carboxylic acids is 1. The van der Waals surface area contributed by atoms with Crippen molar-refractivity contribution >= 4 is 5.91 Å². The van der Waals surface area contributed by atoms with Crippen molar-refractivity contribution in [2.24, 2.45) is 0 Å². The van der Waals surface area contributed by atoms with Gasteiger partial charge in [-0.15, -0.1) is 0 Å². The molecule has 0 unspecified atom stereocenters. The average Bonchev–Trinajstić information content (AvgIpc) is 2.36. The van der Waals surface area contributed by atoms with Crippen LogP contribution in [0.25, 0.3) is 0 Å². The summed E-state index contributed by atoms with van der Waals surface area (Å²) >= 11 is 0. The van der Waals surface area contributed by atoms with E-state index in [1.54, 1.807) is 6.92 Å². The second-order valence-corrected chi connectivity index (χ2v) is 4.57. The molecule has 3 heteroatoms. The molecular weight excluding hydrogens is 224 g/mol. The van der Waals surface area contributed by atoms with Gasteiger partial charge in [0.05, 0.1) is 0 Å². The van der Waals surface area contributed by atoms with Crippen LogP contribution < -0.4 is 5.32 Å². The number of rotatable bonds is 7. The molecule has 100 valence electrons. The molecule has 0 saturated heterocycles. The number of amides is 1. The third-order valence-corrected chi connectivity index (χ3v) is 3.11. The van der Waals surface area contributed by atoms with Gasteiger partial charge in [-0.3, -0.25) is 4.79 Å². The van der Waals surface area contributed by atoms with Crippen molar-refractivity contribution in [3.8, 4) is 0 Å². The zero-order chi connectivity index (χ0) is 13.4. The Labute approximate surface area is 110 Å². The van der Waals surface area contributed by atoms with E-state index in [4.69, 9.17) is 0 Å². The molecule has 18 heavy (non-hydrogen) atoms.